The molecule has 1 aromatic carbocycles. The van der Waals surface area contributed by atoms with Gasteiger partial charge in [-0.25, -0.2) is 0 Å². The Morgan fingerprint density at radius 3 is 2.94 bits per heavy atom. The molecule has 0 radical (unpaired) electrons. The number of benzene rings is 1. The average Bonchev–Trinajstić information content (AvgIpc) is 3.02. The van der Waals surface area contributed by atoms with Gasteiger partial charge in [0.2, 0.25) is 0 Å². The molecule has 0 amide bonds. The van der Waals surface area contributed by atoms with E-state index in [0.717, 1.165) is 38.8 Å². The quantitative estimate of drug-likeness (QED) is 0.565. The van der Waals surface area contributed by atoms with Crippen molar-refractivity contribution in [1.29, 1.82) is 0 Å². The number of aromatic hydroxyl groups is 1. The Hall–Kier alpha value is -2.01. The molecule has 31 heavy (non-hydrogen) atoms. The number of hydrogen-bond donors (Lipinski definition) is 1. The maximum absolute atomic E-state index is 13.0. The van der Waals surface area contributed by atoms with Crippen LogP contribution in [0.1, 0.15) is 63.1 Å². The van der Waals surface area contributed by atoms with Gasteiger partial charge < -0.3 is 14.6 Å². The Morgan fingerprint density at radius 2 is 2.16 bits per heavy atom. The molecule has 3 fully saturated rings. The smallest absolute Gasteiger partial charge is 0.310 e. The number of phenols is 1. The Morgan fingerprint density at radius 1 is 1.35 bits per heavy atom. The van der Waals surface area contributed by atoms with Gasteiger partial charge in [-0.15, -0.1) is 0 Å². The number of carbonyl (C=O) groups is 1. The Kier molecular flexibility index (Phi) is 5.08. The summed E-state index contributed by atoms with van der Waals surface area (Å²) in [5.74, 6) is 1.45. The van der Waals surface area contributed by atoms with Gasteiger partial charge in [-0.2, -0.15) is 0 Å². The number of nitrogens with zero attached hydrogens (tertiary/aromatic N) is 1. The standard InChI is InChI=1S/C26H35NO4/c1-15-6-5-8-26(3)13-24-19(11-21(15)26)20(25(29)31-24)14-27-9-7-17-10-22(28)23(30-4)12-18(17)16(27)2/h10,12,16,19-21,24,28H,1,5-9,11,13-14H2,2-4H3/t16-,19+,20-,21+,24-,26-/m1/s1. The van der Waals surface area contributed by atoms with Crippen LogP contribution in [0.15, 0.2) is 24.3 Å². The minimum Gasteiger partial charge on any atom is -0.504 e. The minimum atomic E-state index is -0.0627. The van der Waals surface area contributed by atoms with Crippen molar-refractivity contribution in [1.82, 2.24) is 4.90 Å². The van der Waals surface area contributed by atoms with Crippen molar-refractivity contribution in [2.45, 2.75) is 64.5 Å². The SMILES string of the molecule is C=C1CCC[C@]2(C)C[C@H]3OC(=O)[C@H](CN4CCc5cc(O)c(OC)cc5[C@H]4C)[C@@H]3C[C@@H]12. The molecule has 0 unspecified atom stereocenters. The number of fused-ring (bicyclic) bond motifs is 3. The zero-order valence-electron chi connectivity index (χ0n) is 19.0. The van der Waals surface area contributed by atoms with E-state index in [1.54, 1.807) is 7.11 Å². The third-order valence-corrected chi connectivity index (χ3v) is 8.86. The molecule has 2 saturated carbocycles. The number of methoxy groups -OCH3 is 1. The molecule has 4 aliphatic rings. The highest BCUT2D eigenvalue weighted by Crippen LogP contribution is 2.57. The maximum atomic E-state index is 13.0. The van der Waals surface area contributed by atoms with Gasteiger partial charge in [0.25, 0.3) is 0 Å². The van der Waals surface area contributed by atoms with E-state index in [9.17, 15) is 9.90 Å². The van der Waals surface area contributed by atoms with E-state index in [1.807, 2.05) is 12.1 Å². The molecule has 2 aliphatic heterocycles. The van der Waals surface area contributed by atoms with Crippen LogP contribution in [-0.4, -0.2) is 42.3 Å². The summed E-state index contributed by atoms with van der Waals surface area (Å²) >= 11 is 0. The Bertz CT molecular complexity index is 911. The summed E-state index contributed by atoms with van der Waals surface area (Å²) in [6.07, 6.45) is 6.52. The lowest BCUT2D eigenvalue weighted by Gasteiger charge is -2.50. The van der Waals surface area contributed by atoms with Crippen molar-refractivity contribution in [3.63, 3.8) is 0 Å². The van der Waals surface area contributed by atoms with Crippen LogP contribution in [0, 0.1) is 23.2 Å². The van der Waals surface area contributed by atoms with Crippen molar-refractivity contribution in [2.75, 3.05) is 20.2 Å². The van der Waals surface area contributed by atoms with Gasteiger partial charge in [-0.05, 0) is 80.0 Å². The zero-order valence-corrected chi connectivity index (χ0v) is 19.0. The second-order valence-corrected chi connectivity index (χ2v) is 10.5. The van der Waals surface area contributed by atoms with E-state index in [4.69, 9.17) is 9.47 Å². The van der Waals surface area contributed by atoms with Gasteiger partial charge in [-0.1, -0.05) is 19.1 Å². The highest BCUT2D eigenvalue weighted by molar-refractivity contribution is 5.75. The van der Waals surface area contributed by atoms with Gasteiger partial charge in [0, 0.05) is 25.0 Å². The topological polar surface area (TPSA) is 59.0 Å². The summed E-state index contributed by atoms with van der Waals surface area (Å²) in [4.78, 5) is 15.4. The lowest BCUT2D eigenvalue weighted by molar-refractivity contribution is -0.146. The third-order valence-electron chi connectivity index (χ3n) is 8.86. The molecule has 1 aromatic rings. The number of esters is 1. The number of hydrogen-bond acceptors (Lipinski definition) is 5. The lowest BCUT2D eigenvalue weighted by Crippen LogP contribution is -2.46. The average molecular weight is 426 g/mol. The molecule has 5 rings (SSSR count). The first-order valence-corrected chi connectivity index (χ1v) is 11.8. The molecule has 1 N–H and O–H groups in total. The number of allylic oxidation sites excluding steroid dienone is 1. The molecular formula is C26H35NO4. The summed E-state index contributed by atoms with van der Waals surface area (Å²) in [5, 5.41) is 10.1. The molecular weight excluding hydrogens is 390 g/mol. The van der Waals surface area contributed by atoms with Crippen LogP contribution in [0.3, 0.4) is 0 Å². The van der Waals surface area contributed by atoms with Crippen LogP contribution in [0.25, 0.3) is 0 Å². The second kappa shape index (κ2) is 7.54. The largest absolute Gasteiger partial charge is 0.504 e. The summed E-state index contributed by atoms with van der Waals surface area (Å²) in [7, 11) is 1.58. The highest BCUT2D eigenvalue weighted by atomic mass is 16.6. The minimum absolute atomic E-state index is 0.0101. The van der Waals surface area contributed by atoms with Crippen molar-refractivity contribution < 1.29 is 19.4 Å². The molecule has 0 aromatic heterocycles. The van der Waals surface area contributed by atoms with Gasteiger partial charge in [0.05, 0.1) is 13.0 Å². The fourth-order valence-electron chi connectivity index (χ4n) is 7.02. The van der Waals surface area contributed by atoms with E-state index in [2.05, 4.69) is 25.3 Å². The van der Waals surface area contributed by atoms with E-state index >= 15 is 0 Å². The van der Waals surface area contributed by atoms with Gasteiger partial charge in [0.15, 0.2) is 11.5 Å². The monoisotopic (exact) mass is 425 g/mol. The fraction of sp³-hybridized carbons (Fsp3) is 0.654. The highest BCUT2D eigenvalue weighted by Gasteiger charge is 2.55. The van der Waals surface area contributed by atoms with E-state index < -0.39 is 0 Å². The van der Waals surface area contributed by atoms with Crippen LogP contribution >= 0.6 is 0 Å². The molecule has 2 heterocycles. The number of carbonyl (C=O) groups excluding carboxylic acids is 1. The fourth-order valence-corrected chi connectivity index (χ4v) is 7.02. The van der Waals surface area contributed by atoms with E-state index in [0.29, 0.717) is 17.6 Å². The van der Waals surface area contributed by atoms with Crippen LogP contribution in [0.2, 0.25) is 0 Å². The van der Waals surface area contributed by atoms with Crippen LogP contribution in [0.4, 0.5) is 0 Å². The molecule has 6 atom stereocenters. The van der Waals surface area contributed by atoms with Gasteiger partial charge >= 0.3 is 5.97 Å². The van der Waals surface area contributed by atoms with Gasteiger partial charge in [0.1, 0.15) is 6.10 Å². The van der Waals surface area contributed by atoms with Crippen molar-refractivity contribution >= 4 is 5.97 Å². The molecule has 5 nitrogen and oxygen atoms in total. The second-order valence-electron chi connectivity index (χ2n) is 10.5. The molecule has 168 valence electrons. The molecule has 1 saturated heterocycles. The number of ether oxygens (including phenoxy) is 2. The van der Waals surface area contributed by atoms with Crippen LogP contribution in [-0.2, 0) is 16.0 Å². The van der Waals surface area contributed by atoms with Gasteiger partial charge in [-0.3, -0.25) is 9.69 Å². The zero-order chi connectivity index (χ0) is 21.9. The first-order chi connectivity index (χ1) is 14.8. The first kappa shape index (κ1) is 20.9. The Labute approximate surface area is 185 Å². The molecule has 2 aliphatic carbocycles. The van der Waals surface area contributed by atoms with E-state index in [-0.39, 0.29) is 35.2 Å². The van der Waals surface area contributed by atoms with Crippen LogP contribution in [0.5, 0.6) is 11.5 Å². The lowest BCUT2D eigenvalue weighted by atomic mass is 9.55. The third kappa shape index (κ3) is 3.36. The number of phenolic OH excluding ortho intramolecular Hbond substituents is 1. The maximum Gasteiger partial charge on any atom is 0.310 e. The molecule has 0 spiro atoms. The van der Waals surface area contributed by atoms with Crippen molar-refractivity contribution in [3.8, 4) is 11.5 Å². The van der Waals surface area contributed by atoms with Crippen molar-refractivity contribution in [2.24, 2.45) is 23.2 Å². The summed E-state index contributed by atoms with van der Waals surface area (Å²) in [6, 6.07) is 3.96. The predicted molar refractivity (Wildman–Crippen MR) is 119 cm³/mol. The predicted octanol–water partition coefficient (Wildman–Crippen LogP) is 4.63. The Balaban J connectivity index is 1.36. The van der Waals surface area contributed by atoms with E-state index in [1.165, 1.54) is 29.5 Å². The van der Waals surface area contributed by atoms with Crippen molar-refractivity contribution in [3.05, 3.63) is 35.4 Å². The normalized spacial score (nSPS) is 37.6. The summed E-state index contributed by atoms with van der Waals surface area (Å²) in [6.45, 7) is 10.6. The molecule has 0 bridgehead atoms. The first-order valence-electron chi connectivity index (χ1n) is 11.8. The molecule has 5 heteroatoms. The van der Waals surface area contributed by atoms with Crippen LogP contribution < -0.4 is 4.74 Å². The number of rotatable bonds is 3. The summed E-state index contributed by atoms with van der Waals surface area (Å²) < 4.78 is 11.3. The summed E-state index contributed by atoms with van der Waals surface area (Å²) in [5.41, 5.74) is 3.97.